The van der Waals surface area contributed by atoms with Crippen LogP contribution in [0.15, 0.2) is 82.4 Å². The fourth-order valence-electron chi connectivity index (χ4n) is 3.30. The van der Waals surface area contributed by atoms with Gasteiger partial charge in [-0.25, -0.2) is 4.39 Å². The minimum absolute atomic E-state index is 0.0893. The number of rotatable bonds is 7. The van der Waals surface area contributed by atoms with Crippen LogP contribution < -0.4 is 0 Å². The van der Waals surface area contributed by atoms with E-state index in [2.05, 4.69) is 0 Å². The molecule has 2 rings (SSSR count). The maximum atomic E-state index is 13.4. The molecule has 0 aromatic heterocycles. The van der Waals surface area contributed by atoms with Crippen LogP contribution in [0.2, 0.25) is 0 Å². The highest BCUT2D eigenvalue weighted by Crippen LogP contribution is 2.34. The predicted molar refractivity (Wildman–Crippen MR) is 131 cm³/mol. The molecule has 34 heavy (non-hydrogen) atoms. The van der Waals surface area contributed by atoms with Crippen LogP contribution in [0.3, 0.4) is 0 Å². The summed E-state index contributed by atoms with van der Waals surface area (Å²) in [5.74, 6) is 1.21. The number of phenolic OH excluding ortho intramolecular Hbond substituents is 1. The molecule has 1 aromatic carbocycles. The maximum absolute atomic E-state index is 13.4. The first kappa shape index (κ1) is 29.3. The van der Waals surface area contributed by atoms with Gasteiger partial charge in [-0.3, -0.25) is 0 Å². The lowest BCUT2D eigenvalue weighted by molar-refractivity contribution is -0.0884. The van der Waals surface area contributed by atoms with Crippen molar-refractivity contribution < 1.29 is 27.4 Å². The standard InChI is InChI=1S/C22H31F3O.C6H5FO/c1-6-11-18(15-19(12-7-2)22(23,24)25)21(16(4)8-3)26-20-14-10-9-13-17(20)5;7-5-1-3-6(8)4-2-5/h6,11-12,15H,7-10,13-14H2,1-5H3;1-4,8H/b11-6-,18-15+,19-12-,21-16?;. The molecule has 0 saturated heterocycles. The van der Waals surface area contributed by atoms with E-state index in [1.54, 1.807) is 26.0 Å². The minimum Gasteiger partial charge on any atom is -0.508 e. The van der Waals surface area contributed by atoms with Crippen LogP contribution >= 0.6 is 0 Å². The quantitative estimate of drug-likeness (QED) is 0.239. The Hall–Kier alpha value is -2.76. The lowest BCUT2D eigenvalue weighted by Crippen LogP contribution is -2.11. The van der Waals surface area contributed by atoms with Gasteiger partial charge in [0.2, 0.25) is 0 Å². The molecule has 1 aliphatic rings. The second-order valence-electron chi connectivity index (χ2n) is 8.12. The molecular weight excluding hydrogens is 444 g/mol. The second kappa shape index (κ2) is 14.5. The Morgan fingerprint density at radius 1 is 1.09 bits per heavy atom. The first-order valence-electron chi connectivity index (χ1n) is 11.7. The molecule has 0 spiro atoms. The van der Waals surface area contributed by atoms with Crippen LogP contribution in [0.5, 0.6) is 5.75 Å². The number of phenols is 1. The van der Waals surface area contributed by atoms with Gasteiger partial charge < -0.3 is 9.84 Å². The van der Waals surface area contributed by atoms with E-state index in [0.29, 0.717) is 17.8 Å². The summed E-state index contributed by atoms with van der Waals surface area (Å²) in [5, 5.41) is 8.59. The lowest BCUT2D eigenvalue weighted by atomic mass is 9.98. The molecule has 1 aromatic rings. The van der Waals surface area contributed by atoms with Crippen molar-refractivity contribution in [3.05, 3.63) is 88.2 Å². The number of halogens is 4. The van der Waals surface area contributed by atoms with Gasteiger partial charge >= 0.3 is 6.18 Å². The number of aromatic hydroxyl groups is 1. The average Bonchev–Trinajstić information content (AvgIpc) is 2.79. The van der Waals surface area contributed by atoms with E-state index < -0.39 is 11.7 Å². The smallest absolute Gasteiger partial charge is 0.416 e. The van der Waals surface area contributed by atoms with E-state index in [0.717, 1.165) is 43.4 Å². The highest BCUT2D eigenvalue weighted by atomic mass is 19.4. The van der Waals surface area contributed by atoms with Gasteiger partial charge in [0, 0.05) is 12.0 Å². The Bertz CT molecular complexity index is 909. The van der Waals surface area contributed by atoms with Gasteiger partial charge in [-0.1, -0.05) is 32.1 Å². The molecule has 0 unspecified atom stereocenters. The van der Waals surface area contributed by atoms with Gasteiger partial charge in [0.1, 0.15) is 23.1 Å². The van der Waals surface area contributed by atoms with Crippen LogP contribution in [-0.4, -0.2) is 11.3 Å². The normalized spacial score (nSPS) is 16.3. The second-order valence-corrected chi connectivity index (χ2v) is 8.12. The van der Waals surface area contributed by atoms with Crippen molar-refractivity contribution in [2.75, 3.05) is 0 Å². The first-order valence-corrected chi connectivity index (χ1v) is 11.7. The third-order valence-electron chi connectivity index (χ3n) is 5.32. The van der Waals surface area contributed by atoms with E-state index >= 15 is 0 Å². The van der Waals surface area contributed by atoms with Gasteiger partial charge in [0.05, 0.1) is 5.57 Å². The number of hydrogen-bond donors (Lipinski definition) is 1. The van der Waals surface area contributed by atoms with Gasteiger partial charge in [-0.05, 0) is 94.4 Å². The highest BCUT2D eigenvalue weighted by molar-refractivity contribution is 5.45. The highest BCUT2D eigenvalue weighted by Gasteiger charge is 2.32. The molecule has 188 valence electrons. The summed E-state index contributed by atoms with van der Waals surface area (Å²) in [6.07, 6.45) is 6.55. The zero-order valence-corrected chi connectivity index (χ0v) is 20.7. The molecule has 0 amide bonds. The Labute approximate surface area is 201 Å². The molecule has 0 atom stereocenters. The Balaban J connectivity index is 0.000000605. The molecule has 0 fully saturated rings. The van der Waals surface area contributed by atoms with Crippen molar-refractivity contribution in [1.82, 2.24) is 0 Å². The van der Waals surface area contributed by atoms with Gasteiger partial charge in [0.15, 0.2) is 0 Å². The number of benzene rings is 1. The summed E-state index contributed by atoms with van der Waals surface area (Å²) < 4.78 is 58.3. The fraction of sp³-hybridized carbons (Fsp3) is 0.429. The van der Waals surface area contributed by atoms with E-state index in [1.165, 1.54) is 42.0 Å². The molecule has 6 heteroatoms. The van der Waals surface area contributed by atoms with Crippen LogP contribution in [0.1, 0.15) is 73.1 Å². The van der Waals surface area contributed by atoms with E-state index in [4.69, 9.17) is 9.84 Å². The molecule has 2 nitrogen and oxygen atoms in total. The number of ether oxygens (including phenoxy) is 1. The number of hydrogen-bond acceptors (Lipinski definition) is 2. The number of allylic oxidation sites excluding steroid dienone is 8. The van der Waals surface area contributed by atoms with Crippen LogP contribution in [0.25, 0.3) is 0 Å². The molecule has 0 saturated carbocycles. The average molecular weight is 481 g/mol. The zero-order chi connectivity index (χ0) is 25.7. The van der Waals surface area contributed by atoms with Crippen LogP contribution in [-0.2, 0) is 4.74 Å². The zero-order valence-electron chi connectivity index (χ0n) is 20.7. The van der Waals surface area contributed by atoms with Crippen LogP contribution in [0, 0.1) is 5.82 Å². The lowest BCUT2D eigenvalue weighted by Gasteiger charge is -2.22. The van der Waals surface area contributed by atoms with Crippen molar-refractivity contribution in [1.29, 1.82) is 0 Å². The summed E-state index contributed by atoms with van der Waals surface area (Å²) in [6, 6.07) is 5.01. The largest absolute Gasteiger partial charge is 0.508 e. The van der Waals surface area contributed by atoms with Gasteiger partial charge in [-0.2, -0.15) is 13.2 Å². The summed E-state index contributed by atoms with van der Waals surface area (Å²) in [4.78, 5) is 0. The van der Waals surface area contributed by atoms with Crippen LogP contribution in [0.4, 0.5) is 17.6 Å². The summed E-state index contributed by atoms with van der Waals surface area (Å²) in [6.45, 7) is 9.46. The SMILES string of the molecule is C\C=C/C(=C\C(=C\CC)C(F)(F)F)C(OC1=C(C)CCCC1)=C(C)CC.Oc1ccc(F)cc1. The minimum atomic E-state index is -4.38. The summed E-state index contributed by atoms with van der Waals surface area (Å²) >= 11 is 0. The summed E-state index contributed by atoms with van der Waals surface area (Å²) in [5.41, 5.74) is 1.97. The Kier molecular flexibility index (Phi) is 12.5. The van der Waals surface area contributed by atoms with Crippen molar-refractivity contribution in [3.63, 3.8) is 0 Å². The van der Waals surface area contributed by atoms with Gasteiger partial charge in [0.25, 0.3) is 0 Å². The van der Waals surface area contributed by atoms with Crippen molar-refractivity contribution in [2.24, 2.45) is 0 Å². The van der Waals surface area contributed by atoms with Crippen molar-refractivity contribution >= 4 is 0 Å². The summed E-state index contributed by atoms with van der Waals surface area (Å²) in [7, 11) is 0. The van der Waals surface area contributed by atoms with Crippen molar-refractivity contribution in [2.45, 2.75) is 79.3 Å². The molecule has 0 heterocycles. The Morgan fingerprint density at radius 2 is 1.71 bits per heavy atom. The topological polar surface area (TPSA) is 29.5 Å². The van der Waals surface area contributed by atoms with E-state index in [-0.39, 0.29) is 11.6 Å². The molecule has 1 N–H and O–H groups in total. The molecule has 0 aliphatic heterocycles. The predicted octanol–water partition coefficient (Wildman–Crippen LogP) is 9.47. The molecule has 0 bridgehead atoms. The Morgan fingerprint density at radius 3 is 2.18 bits per heavy atom. The third-order valence-corrected chi connectivity index (χ3v) is 5.32. The molecule has 0 radical (unpaired) electrons. The van der Waals surface area contributed by atoms with Gasteiger partial charge in [-0.15, -0.1) is 0 Å². The van der Waals surface area contributed by atoms with E-state index in [9.17, 15) is 17.6 Å². The third kappa shape index (κ3) is 10.0. The maximum Gasteiger partial charge on any atom is 0.416 e. The molecular formula is C28H36F4O2. The van der Waals surface area contributed by atoms with E-state index in [1.807, 2.05) is 20.8 Å². The monoisotopic (exact) mass is 480 g/mol. The van der Waals surface area contributed by atoms with Crippen molar-refractivity contribution in [3.8, 4) is 5.75 Å². The molecule has 1 aliphatic carbocycles. The number of alkyl halides is 3. The fourth-order valence-corrected chi connectivity index (χ4v) is 3.30. The first-order chi connectivity index (χ1) is 16.0.